The Morgan fingerprint density at radius 1 is 0.469 bits per heavy atom. The second kappa shape index (κ2) is 15.6. The second-order valence-electron chi connectivity index (χ2n) is 10.9. The molecule has 0 saturated carbocycles. The fourth-order valence-electron chi connectivity index (χ4n) is 1.47. The molecule has 0 aromatic heterocycles. The van der Waals surface area contributed by atoms with Gasteiger partial charge >= 0.3 is 23.9 Å². The van der Waals surface area contributed by atoms with Crippen molar-refractivity contribution < 1.29 is 38.1 Å². The van der Waals surface area contributed by atoms with Gasteiger partial charge in [-0.2, -0.15) is 0 Å². The molecule has 0 aliphatic carbocycles. The Labute approximate surface area is 195 Å². The summed E-state index contributed by atoms with van der Waals surface area (Å²) >= 11 is 0. The molecule has 8 heteroatoms. The number of ether oxygens (including phenoxy) is 4. The van der Waals surface area contributed by atoms with E-state index in [1.807, 2.05) is 83.1 Å². The lowest BCUT2D eigenvalue weighted by atomic mass is 9.98. The van der Waals surface area contributed by atoms with Crippen molar-refractivity contribution in [1.82, 2.24) is 0 Å². The molecule has 0 saturated heterocycles. The Hall–Kier alpha value is -2.12. The second-order valence-corrected chi connectivity index (χ2v) is 10.9. The summed E-state index contributed by atoms with van der Waals surface area (Å²) in [5.74, 6) is -0.787. The topological polar surface area (TPSA) is 105 Å². The molecular formula is C24H48O8. The summed E-state index contributed by atoms with van der Waals surface area (Å²) < 4.78 is 18.5. The normalized spacial score (nSPS) is 11.0. The molecule has 0 rings (SSSR count). The first-order chi connectivity index (χ1) is 13.8. The van der Waals surface area contributed by atoms with E-state index in [9.17, 15) is 19.2 Å². The van der Waals surface area contributed by atoms with Gasteiger partial charge in [0.05, 0.1) is 25.0 Å². The summed E-state index contributed by atoms with van der Waals surface area (Å²) in [6.45, 7) is 24.8. The maximum absolute atomic E-state index is 10.6. The lowest BCUT2D eigenvalue weighted by Crippen LogP contribution is -2.21. The lowest BCUT2D eigenvalue weighted by Gasteiger charge is -2.17. The number of esters is 4. The number of hydrogen-bond donors (Lipinski definition) is 0. The van der Waals surface area contributed by atoms with E-state index in [1.54, 1.807) is 0 Å². The van der Waals surface area contributed by atoms with Gasteiger partial charge in [0.1, 0.15) is 11.2 Å². The number of methoxy groups -OCH3 is 2. The van der Waals surface area contributed by atoms with Crippen LogP contribution in [0.3, 0.4) is 0 Å². The summed E-state index contributed by atoms with van der Waals surface area (Å²) in [6.07, 6.45) is 0. The van der Waals surface area contributed by atoms with Gasteiger partial charge in [0, 0.05) is 13.8 Å². The van der Waals surface area contributed by atoms with Crippen LogP contribution in [0.15, 0.2) is 0 Å². The van der Waals surface area contributed by atoms with E-state index in [-0.39, 0.29) is 45.9 Å². The Morgan fingerprint density at radius 3 is 0.656 bits per heavy atom. The first-order valence-corrected chi connectivity index (χ1v) is 10.4. The van der Waals surface area contributed by atoms with Gasteiger partial charge < -0.3 is 18.9 Å². The van der Waals surface area contributed by atoms with Crippen LogP contribution in [0.1, 0.15) is 96.9 Å². The van der Waals surface area contributed by atoms with Crippen LogP contribution in [0.2, 0.25) is 0 Å². The molecule has 0 amide bonds. The number of carbonyl (C=O) groups is 4. The molecule has 0 radical (unpaired) electrons. The smallest absolute Gasteiger partial charge is 0.310 e. The minimum atomic E-state index is -0.352. The van der Waals surface area contributed by atoms with Crippen LogP contribution < -0.4 is 0 Å². The predicted octanol–water partition coefficient (Wildman–Crippen LogP) is 5.11. The summed E-state index contributed by atoms with van der Waals surface area (Å²) in [4.78, 5) is 41.7. The maximum atomic E-state index is 10.6. The predicted molar refractivity (Wildman–Crippen MR) is 126 cm³/mol. The summed E-state index contributed by atoms with van der Waals surface area (Å²) in [5, 5.41) is 0. The highest BCUT2D eigenvalue weighted by Gasteiger charge is 2.21. The highest BCUT2D eigenvalue weighted by Crippen LogP contribution is 2.14. The van der Waals surface area contributed by atoms with Gasteiger partial charge in [-0.05, 0) is 83.1 Å². The van der Waals surface area contributed by atoms with Gasteiger partial charge in [0.2, 0.25) is 0 Å². The first-order valence-electron chi connectivity index (χ1n) is 10.4. The molecule has 0 aromatic carbocycles. The molecule has 0 fully saturated rings. The summed E-state index contributed by atoms with van der Waals surface area (Å²) in [5.41, 5.74) is -1.36. The van der Waals surface area contributed by atoms with Gasteiger partial charge in [-0.1, -0.05) is 0 Å². The maximum Gasteiger partial charge on any atom is 0.310 e. The van der Waals surface area contributed by atoms with E-state index in [2.05, 4.69) is 9.47 Å². The van der Waals surface area contributed by atoms with Crippen LogP contribution in [0.4, 0.5) is 0 Å². The highest BCUT2D eigenvalue weighted by atomic mass is 16.6. The molecular weight excluding hydrogens is 416 g/mol. The van der Waals surface area contributed by atoms with Crippen molar-refractivity contribution in [3.05, 3.63) is 0 Å². The lowest BCUT2D eigenvalue weighted by molar-refractivity contribution is -0.153. The van der Waals surface area contributed by atoms with E-state index < -0.39 is 0 Å². The van der Waals surface area contributed by atoms with Gasteiger partial charge in [-0.3, -0.25) is 19.2 Å². The Morgan fingerprint density at radius 2 is 0.656 bits per heavy atom. The summed E-state index contributed by atoms with van der Waals surface area (Å²) in [6, 6.07) is 0. The van der Waals surface area contributed by atoms with Crippen LogP contribution in [-0.2, 0) is 38.1 Å². The highest BCUT2D eigenvalue weighted by molar-refractivity contribution is 5.75. The number of rotatable bonds is 0. The van der Waals surface area contributed by atoms with Crippen LogP contribution >= 0.6 is 0 Å². The third-order valence-electron chi connectivity index (χ3n) is 2.50. The van der Waals surface area contributed by atoms with Crippen LogP contribution in [0.25, 0.3) is 0 Å². The molecule has 32 heavy (non-hydrogen) atoms. The average Bonchev–Trinajstić information content (AvgIpc) is 2.48. The minimum absolute atomic E-state index is 0.169. The Balaban J connectivity index is -0.000000163. The molecule has 0 spiro atoms. The molecule has 0 atom stereocenters. The van der Waals surface area contributed by atoms with E-state index in [0.29, 0.717) is 0 Å². The standard InChI is InChI=1S/4C6H12O2/c2*1-6(2,3)5(7)8-4;2*1-5(7)8-6(2,3)4/h4*1-4H3. The summed E-state index contributed by atoms with van der Waals surface area (Å²) in [7, 11) is 2.79. The fourth-order valence-corrected chi connectivity index (χ4v) is 1.47. The number of carbonyl (C=O) groups excluding carboxylic acids is 4. The van der Waals surface area contributed by atoms with E-state index >= 15 is 0 Å². The monoisotopic (exact) mass is 464 g/mol. The van der Waals surface area contributed by atoms with Crippen molar-refractivity contribution in [2.24, 2.45) is 10.8 Å². The molecule has 0 aliphatic rings. The van der Waals surface area contributed by atoms with Crippen molar-refractivity contribution in [3.63, 3.8) is 0 Å². The van der Waals surface area contributed by atoms with Crippen molar-refractivity contribution in [3.8, 4) is 0 Å². The van der Waals surface area contributed by atoms with Crippen LogP contribution in [-0.4, -0.2) is 49.3 Å². The zero-order valence-corrected chi connectivity index (χ0v) is 23.3. The third kappa shape index (κ3) is 35.3. The Bertz CT molecular complexity index is 513. The van der Waals surface area contributed by atoms with Crippen LogP contribution in [0.5, 0.6) is 0 Å². The van der Waals surface area contributed by atoms with Crippen molar-refractivity contribution >= 4 is 23.9 Å². The molecule has 0 aliphatic heterocycles. The van der Waals surface area contributed by atoms with E-state index in [4.69, 9.17) is 9.47 Å². The number of hydrogen-bond acceptors (Lipinski definition) is 8. The van der Waals surface area contributed by atoms with E-state index in [1.165, 1.54) is 28.1 Å². The van der Waals surface area contributed by atoms with Crippen LogP contribution in [0, 0.1) is 10.8 Å². The largest absolute Gasteiger partial charge is 0.469 e. The molecule has 0 N–H and O–H groups in total. The first kappa shape index (κ1) is 37.2. The van der Waals surface area contributed by atoms with Gasteiger partial charge in [0.25, 0.3) is 0 Å². The third-order valence-corrected chi connectivity index (χ3v) is 2.50. The van der Waals surface area contributed by atoms with Crippen molar-refractivity contribution in [1.29, 1.82) is 0 Å². The SMILES string of the molecule is CC(=O)OC(C)(C)C.CC(=O)OC(C)(C)C.COC(=O)C(C)(C)C.COC(=O)C(C)(C)C. The molecule has 0 heterocycles. The van der Waals surface area contributed by atoms with Crippen molar-refractivity contribution in [2.75, 3.05) is 14.2 Å². The fraction of sp³-hybridized carbons (Fsp3) is 0.833. The zero-order chi connectivity index (χ0) is 27.1. The molecule has 0 aromatic rings. The Kier molecular flexibility index (Phi) is 18.2. The zero-order valence-electron chi connectivity index (χ0n) is 23.3. The van der Waals surface area contributed by atoms with Gasteiger partial charge in [0.15, 0.2) is 0 Å². The quantitative estimate of drug-likeness (QED) is 0.360. The van der Waals surface area contributed by atoms with Gasteiger partial charge in [-0.25, -0.2) is 0 Å². The molecule has 0 unspecified atom stereocenters. The van der Waals surface area contributed by atoms with E-state index in [0.717, 1.165) is 0 Å². The molecule has 192 valence electrons. The molecule has 8 nitrogen and oxygen atoms in total. The molecule has 0 bridgehead atoms. The van der Waals surface area contributed by atoms with Crippen molar-refractivity contribution in [2.45, 2.75) is 108 Å². The minimum Gasteiger partial charge on any atom is -0.469 e. The van der Waals surface area contributed by atoms with Gasteiger partial charge in [-0.15, -0.1) is 0 Å². The average molecular weight is 465 g/mol.